The molecule has 0 amide bonds. The van der Waals surface area contributed by atoms with E-state index in [9.17, 15) is 0 Å². The maximum absolute atomic E-state index is 5.07. The number of hydrogen-bond donors (Lipinski definition) is 0. The van der Waals surface area contributed by atoms with Crippen LogP contribution in [-0.4, -0.2) is 17.8 Å². The van der Waals surface area contributed by atoms with E-state index in [2.05, 4.69) is 69.2 Å². The van der Waals surface area contributed by atoms with Crippen molar-refractivity contribution in [2.24, 2.45) is 5.16 Å². The zero-order valence-corrected chi connectivity index (χ0v) is 16.5. The van der Waals surface area contributed by atoms with E-state index >= 15 is 0 Å². The van der Waals surface area contributed by atoms with Crippen LogP contribution >= 0.6 is 0 Å². The van der Waals surface area contributed by atoms with Crippen molar-refractivity contribution in [2.45, 2.75) is 41.0 Å². The highest BCUT2D eigenvalue weighted by atomic mass is 16.6. The average Bonchev–Trinajstić information content (AvgIpc) is 2.58. The quantitative estimate of drug-likeness (QED) is 0.435. The van der Waals surface area contributed by atoms with Crippen LogP contribution in [0.1, 0.15) is 41.3 Å². The van der Waals surface area contributed by atoms with E-state index in [1.54, 1.807) is 7.11 Å². The first-order valence-electron chi connectivity index (χ1n) is 9.05. The molecule has 0 aliphatic heterocycles. The molecule has 0 bridgehead atoms. The number of aryl methyl sites for hydroxylation is 4. The highest BCUT2D eigenvalue weighted by Crippen LogP contribution is 2.34. The Labute approximate surface area is 155 Å². The van der Waals surface area contributed by atoms with Gasteiger partial charge in [0.05, 0.1) is 11.2 Å². The van der Waals surface area contributed by atoms with E-state index in [0.717, 1.165) is 34.3 Å². The molecular weight excluding hydrogens is 320 g/mol. The fraction of sp³-hybridized carbons (Fsp3) is 0.304. The van der Waals surface area contributed by atoms with Crippen LogP contribution in [0.4, 0.5) is 0 Å². The standard InChI is InChI=1S/C23H26N2O/c1-7-21(25-26-6)20-13-17(5)24-23-18(20)9-8-10-19(23)22-15(3)11-14(2)12-16(22)4/h8-13H,7H2,1-6H3/b25-21-. The van der Waals surface area contributed by atoms with Gasteiger partial charge < -0.3 is 4.84 Å². The SMILES string of the molecule is CC/C(=N/OC)c1cc(C)nc2c(-c3c(C)cc(C)cc3C)cccc12. The Morgan fingerprint density at radius 3 is 2.35 bits per heavy atom. The summed E-state index contributed by atoms with van der Waals surface area (Å²) in [5.74, 6) is 0. The molecule has 0 saturated heterocycles. The Bertz CT molecular complexity index is 980. The van der Waals surface area contributed by atoms with Gasteiger partial charge in [-0.25, -0.2) is 0 Å². The molecule has 0 radical (unpaired) electrons. The topological polar surface area (TPSA) is 34.5 Å². The Morgan fingerprint density at radius 1 is 1.04 bits per heavy atom. The van der Waals surface area contributed by atoms with Crippen LogP contribution in [0.5, 0.6) is 0 Å². The molecule has 0 atom stereocenters. The molecule has 0 spiro atoms. The first-order valence-corrected chi connectivity index (χ1v) is 9.05. The van der Waals surface area contributed by atoms with Gasteiger partial charge >= 0.3 is 0 Å². The van der Waals surface area contributed by atoms with E-state index < -0.39 is 0 Å². The lowest BCUT2D eigenvalue weighted by molar-refractivity contribution is 0.213. The van der Waals surface area contributed by atoms with Gasteiger partial charge in [0.25, 0.3) is 0 Å². The number of aromatic nitrogens is 1. The maximum Gasteiger partial charge on any atom is 0.106 e. The summed E-state index contributed by atoms with van der Waals surface area (Å²) in [7, 11) is 1.59. The van der Waals surface area contributed by atoms with Crippen LogP contribution in [0, 0.1) is 27.7 Å². The largest absolute Gasteiger partial charge is 0.399 e. The summed E-state index contributed by atoms with van der Waals surface area (Å²) >= 11 is 0. The van der Waals surface area contributed by atoms with Crippen LogP contribution in [0.15, 0.2) is 41.6 Å². The molecule has 0 aliphatic rings. The molecule has 0 aliphatic carbocycles. The van der Waals surface area contributed by atoms with Crippen LogP contribution < -0.4 is 0 Å². The third-order valence-electron chi connectivity index (χ3n) is 4.76. The van der Waals surface area contributed by atoms with Crippen LogP contribution in [0.2, 0.25) is 0 Å². The van der Waals surface area contributed by atoms with Crippen molar-refractivity contribution in [1.82, 2.24) is 4.98 Å². The molecule has 3 rings (SSSR count). The van der Waals surface area contributed by atoms with E-state index in [0.29, 0.717) is 0 Å². The van der Waals surface area contributed by atoms with Gasteiger partial charge in [0.1, 0.15) is 7.11 Å². The highest BCUT2D eigenvalue weighted by Gasteiger charge is 2.15. The summed E-state index contributed by atoms with van der Waals surface area (Å²) in [5, 5.41) is 5.36. The predicted molar refractivity (Wildman–Crippen MR) is 110 cm³/mol. The smallest absolute Gasteiger partial charge is 0.106 e. The second kappa shape index (κ2) is 7.28. The van der Waals surface area contributed by atoms with Gasteiger partial charge in [-0.2, -0.15) is 0 Å². The number of oxime groups is 1. The number of fused-ring (bicyclic) bond motifs is 1. The normalized spacial score (nSPS) is 11.8. The Kier molecular flexibility index (Phi) is 5.08. The lowest BCUT2D eigenvalue weighted by atomic mass is 9.90. The Balaban J connectivity index is 2.38. The molecular formula is C23H26N2O. The molecule has 1 heterocycles. The summed E-state index contributed by atoms with van der Waals surface area (Å²) in [6.07, 6.45) is 0.805. The summed E-state index contributed by atoms with van der Waals surface area (Å²) in [6.45, 7) is 10.6. The van der Waals surface area contributed by atoms with Gasteiger partial charge in [0.15, 0.2) is 0 Å². The summed E-state index contributed by atoms with van der Waals surface area (Å²) in [4.78, 5) is 9.97. The second-order valence-corrected chi connectivity index (χ2v) is 6.86. The fourth-order valence-corrected chi connectivity index (χ4v) is 3.84. The van der Waals surface area contributed by atoms with Gasteiger partial charge in [-0.15, -0.1) is 0 Å². The molecule has 3 nitrogen and oxygen atoms in total. The third-order valence-corrected chi connectivity index (χ3v) is 4.76. The van der Waals surface area contributed by atoms with Gasteiger partial charge in [0.2, 0.25) is 0 Å². The molecule has 1 aromatic heterocycles. The molecule has 2 aromatic carbocycles. The third kappa shape index (κ3) is 3.22. The lowest BCUT2D eigenvalue weighted by Gasteiger charge is -2.16. The van der Waals surface area contributed by atoms with E-state index in [-0.39, 0.29) is 0 Å². The molecule has 3 aromatic rings. The minimum absolute atomic E-state index is 0.805. The van der Waals surface area contributed by atoms with Crippen molar-refractivity contribution < 1.29 is 4.84 Å². The second-order valence-electron chi connectivity index (χ2n) is 6.86. The predicted octanol–water partition coefficient (Wildman–Crippen LogP) is 5.90. The molecule has 3 heteroatoms. The molecule has 0 fully saturated rings. The Morgan fingerprint density at radius 2 is 1.73 bits per heavy atom. The number of rotatable bonds is 4. The van der Waals surface area contributed by atoms with Gasteiger partial charge in [-0.1, -0.05) is 48.0 Å². The average molecular weight is 346 g/mol. The van der Waals surface area contributed by atoms with E-state index in [1.807, 2.05) is 6.92 Å². The molecule has 134 valence electrons. The minimum Gasteiger partial charge on any atom is -0.399 e. The van der Waals surface area contributed by atoms with Crippen molar-refractivity contribution in [3.05, 3.63) is 64.3 Å². The number of pyridine rings is 1. The fourth-order valence-electron chi connectivity index (χ4n) is 3.84. The minimum atomic E-state index is 0.805. The monoisotopic (exact) mass is 346 g/mol. The van der Waals surface area contributed by atoms with Crippen molar-refractivity contribution in [1.29, 1.82) is 0 Å². The molecule has 0 saturated carbocycles. The van der Waals surface area contributed by atoms with Crippen molar-refractivity contribution >= 4 is 16.6 Å². The molecule has 26 heavy (non-hydrogen) atoms. The molecule has 0 N–H and O–H groups in total. The Hall–Kier alpha value is -2.68. The summed E-state index contributed by atoms with van der Waals surface area (Å²) < 4.78 is 0. The van der Waals surface area contributed by atoms with Gasteiger partial charge in [0, 0.05) is 22.2 Å². The van der Waals surface area contributed by atoms with Gasteiger partial charge in [-0.05, 0) is 56.9 Å². The number of nitrogens with zero attached hydrogens (tertiary/aromatic N) is 2. The van der Waals surface area contributed by atoms with Gasteiger partial charge in [-0.3, -0.25) is 4.98 Å². The van der Waals surface area contributed by atoms with Crippen molar-refractivity contribution in [3.63, 3.8) is 0 Å². The van der Waals surface area contributed by atoms with Crippen molar-refractivity contribution in [2.75, 3.05) is 7.11 Å². The van der Waals surface area contributed by atoms with E-state index in [4.69, 9.17) is 9.82 Å². The highest BCUT2D eigenvalue weighted by molar-refractivity contribution is 6.12. The summed E-state index contributed by atoms with van der Waals surface area (Å²) in [5.41, 5.74) is 10.3. The summed E-state index contributed by atoms with van der Waals surface area (Å²) in [6, 6.07) is 13.0. The molecule has 0 unspecified atom stereocenters. The van der Waals surface area contributed by atoms with Crippen LogP contribution in [0.25, 0.3) is 22.0 Å². The van der Waals surface area contributed by atoms with Crippen LogP contribution in [0.3, 0.4) is 0 Å². The number of benzene rings is 2. The zero-order chi connectivity index (χ0) is 18.8. The lowest BCUT2D eigenvalue weighted by Crippen LogP contribution is -2.04. The first kappa shape index (κ1) is 18.1. The van der Waals surface area contributed by atoms with E-state index in [1.165, 1.54) is 27.8 Å². The number of hydrogen-bond acceptors (Lipinski definition) is 3. The number of para-hydroxylation sites is 1. The van der Waals surface area contributed by atoms with Crippen molar-refractivity contribution in [3.8, 4) is 11.1 Å². The van der Waals surface area contributed by atoms with Crippen LogP contribution in [-0.2, 0) is 4.84 Å². The first-order chi connectivity index (χ1) is 12.5. The maximum atomic E-state index is 5.07. The zero-order valence-electron chi connectivity index (χ0n) is 16.5.